The lowest BCUT2D eigenvalue weighted by molar-refractivity contribution is 0.0152. The molecule has 20 heavy (non-hydrogen) atoms. The zero-order valence-electron chi connectivity index (χ0n) is 11.2. The number of sulfone groups is 1. The molecule has 1 aromatic carbocycles. The molecule has 0 saturated carbocycles. The largest absolute Gasteiger partial charge is 0.387 e. The molecule has 0 amide bonds. The number of oxime groups is 1. The van der Waals surface area contributed by atoms with Gasteiger partial charge in [0.25, 0.3) is 0 Å². The Morgan fingerprint density at radius 2 is 2.20 bits per heavy atom. The van der Waals surface area contributed by atoms with Crippen molar-refractivity contribution in [2.24, 2.45) is 5.16 Å². The molecule has 1 aromatic rings. The summed E-state index contributed by atoms with van der Waals surface area (Å²) >= 11 is 5.81. The predicted octanol–water partition coefficient (Wildman–Crippen LogP) is 2.82. The van der Waals surface area contributed by atoms with Crippen LogP contribution in [0.15, 0.2) is 29.4 Å². The fourth-order valence-corrected chi connectivity index (χ4v) is 4.89. The normalized spacial score (nSPS) is 28.9. The second-order valence-corrected chi connectivity index (χ2v) is 8.01. The predicted molar refractivity (Wildman–Crippen MR) is 78.7 cm³/mol. The van der Waals surface area contributed by atoms with E-state index in [-0.39, 0.29) is 17.3 Å². The molecule has 108 valence electrons. The molecule has 2 atom stereocenters. The average molecular weight is 314 g/mol. The Morgan fingerprint density at radius 3 is 2.90 bits per heavy atom. The van der Waals surface area contributed by atoms with Crippen LogP contribution < -0.4 is 0 Å². The van der Waals surface area contributed by atoms with E-state index in [1.165, 1.54) is 0 Å². The average Bonchev–Trinajstić information content (AvgIpc) is 3.03. The lowest BCUT2D eigenvalue weighted by Crippen LogP contribution is -2.29. The highest BCUT2D eigenvalue weighted by atomic mass is 35.5. The van der Waals surface area contributed by atoms with Crippen molar-refractivity contribution >= 4 is 26.5 Å². The lowest BCUT2D eigenvalue weighted by atomic mass is 10.1. The van der Waals surface area contributed by atoms with Crippen LogP contribution in [0.4, 0.5) is 0 Å². The van der Waals surface area contributed by atoms with E-state index in [0.717, 1.165) is 17.5 Å². The standard InChI is InChI=1S/C14H16ClNO3S/c1-14(9-15)8-13(16-19-14)20(17,18)12-7-6-10-4-2-3-5-11(10)12/h2-5,12H,6-9H2,1H3. The van der Waals surface area contributed by atoms with Crippen LogP contribution in [0.5, 0.6) is 0 Å². The molecular formula is C14H16ClNO3S. The number of hydrogen-bond donors (Lipinski definition) is 0. The van der Waals surface area contributed by atoms with Gasteiger partial charge in [-0.15, -0.1) is 11.6 Å². The van der Waals surface area contributed by atoms with Crippen LogP contribution in [0.3, 0.4) is 0 Å². The molecule has 1 aliphatic carbocycles. The molecule has 0 saturated heterocycles. The number of rotatable bonds is 2. The summed E-state index contributed by atoms with van der Waals surface area (Å²) in [7, 11) is -3.47. The number of aryl methyl sites for hydroxylation is 1. The quantitative estimate of drug-likeness (QED) is 0.789. The van der Waals surface area contributed by atoms with Crippen LogP contribution in [0.2, 0.25) is 0 Å². The van der Waals surface area contributed by atoms with Crippen molar-refractivity contribution < 1.29 is 13.3 Å². The van der Waals surface area contributed by atoms with E-state index < -0.39 is 20.7 Å². The van der Waals surface area contributed by atoms with E-state index in [4.69, 9.17) is 16.4 Å². The first kappa shape index (κ1) is 13.9. The maximum Gasteiger partial charge on any atom is 0.202 e. The zero-order valence-corrected chi connectivity index (χ0v) is 12.7. The molecule has 3 rings (SSSR count). The molecule has 1 heterocycles. The molecule has 0 spiro atoms. The van der Waals surface area contributed by atoms with Crippen molar-refractivity contribution in [2.45, 2.75) is 37.0 Å². The summed E-state index contributed by atoms with van der Waals surface area (Å²) in [5.41, 5.74) is 1.30. The second-order valence-electron chi connectivity index (χ2n) is 5.61. The summed E-state index contributed by atoms with van der Waals surface area (Å²) in [5.74, 6) is 0.219. The summed E-state index contributed by atoms with van der Waals surface area (Å²) < 4.78 is 25.5. The van der Waals surface area contributed by atoms with Gasteiger partial charge in [0.15, 0.2) is 10.6 Å². The van der Waals surface area contributed by atoms with Crippen molar-refractivity contribution in [1.82, 2.24) is 0 Å². The maximum atomic E-state index is 12.7. The monoisotopic (exact) mass is 313 g/mol. The SMILES string of the molecule is CC1(CCl)CC(S(=O)(=O)C2CCc3ccccc32)=NO1. The molecule has 4 nitrogen and oxygen atoms in total. The van der Waals surface area contributed by atoms with Crippen LogP contribution in [0.25, 0.3) is 0 Å². The van der Waals surface area contributed by atoms with Gasteiger partial charge in [-0.2, -0.15) is 0 Å². The molecule has 2 aliphatic rings. The minimum absolute atomic E-state index is 0.127. The fraction of sp³-hybridized carbons (Fsp3) is 0.500. The van der Waals surface area contributed by atoms with Gasteiger partial charge in [0, 0.05) is 6.42 Å². The van der Waals surface area contributed by atoms with Crippen molar-refractivity contribution in [1.29, 1.82) is 0 Å². The molecular weight excluding hydrogens is 298 g/mol. The molecule has 0 aromatic heterocycles. The Hall–Kier alpha value is -1.07. The van der Waals surface area contributed by atoms with Gasteiger partial charge in [0.1, 0.15) is 0 Å². The van der Waals surface area contributed by atoms with Crippen LogP contribution in [-0.2, 0) is 21.1 Å². The van der Waals surface area contributed by atoms with Gasteiger partial charge in [-0.1, -0.05) is 29.4 Å². The minimum Gasteiger partial charge on any atom is -0.387 e. The fourth-order valence-electron chi connectivity index (χ4n) is 2.77. The number of fused-ring (bicyclic) bond motifs is 1. The zero-order chi connectivity index (χ0) is 14.4. The lowest BCUT2D eigenvalue weighted by Gasteiger charge is -2.17. The second kappa shape index (κ2) is 4.74. The third-order valence-electron chi connectivity index (χ3n) is 3.96. The summed E-state index contributed by atoms with van der Waals surface area (Å²) in [6, 6.07) is 7.69. The first-order valence-corrected chi connectivity index (χ1v) is 8.67. The minimum atomic E-state index is -3.47. The molecule has 0 radical (unpaired) electrons. The van der Waals surface area contributed by atoms with Crippen molar-refractivity contribution in [3.8, 4) is 0 Å². The smallest absolute Gasteiger partial charge is 0.202 e. The maximum absolute atomic E-state index is 12.7. The number of nitrogens with zero attached hydrogens (tertiary/aromatic N) is 1. The van der Waals surface area contributed by atoms with Crippen LogP contribution >= 0.6 is 11.6 Å². The van der Waals surface area contributed by atoms with Crippen LogP contribution in [0.1, 0.15) is 36.1 Å². The van der Waals surface area contributed by atoms with E-state index in [9.17, 15) is 8.42 Å². The van der Waals surface area contributed by atoms with Gasteiger partial charge in [0.05, 0.1) is 11.1 Å². The van der Waals surface area contributed by atoms with Gasteiger partial charge in [-0.25, -0.2) is 8.42 Å². The third kappa shape index (κ3) is 2.13. The molecule has 2 unspecified atom stereocenters. The van der Waals surface area contributed by atoms with E-state index >= 15 is 0 Å². The summed E-state index contributed by atoms with van der Waals surface area (Å²) in [4.78, 5) is 5.21. The Kier molecular flexibility index (Phi) is 3.29. The van der Waals surface area contributed by atoms with Gasteiger partial charge in [-0.05, 0) is 30.9 Å². The molecule has 0 bridgehead atoms. The molecule has 6 heteroatoms. The van der Waals surface area contributed by atoms with Gasteiger partial charge < -0.3 is 4.84 Å². The number of hydrogen-bond acceptors (Lipinski definition) is 4. The number of halogens is 1. The van der Waals surface area contributed by atoms with E-state index in [1.54, 1.807) is 6.92 Å². The van der Waals surface area contributed by atoms with Crippen molar-refractivity contribution in [3.05, 3.63) is 35.4 Å². The van der Waals surface area contributed by atoms with Crippen molar-refractivity contribution in [2.75, 3.05) is 5.88 Å². The molecule has 1 aliphatic heterocycles. The Morgan fingerprint density at radius 1 is 1.45 bits per heavy atom. The highest BCUT2D eigenvalue weighted by Crippen LogP contribution is 2.40. The first-order valence-electron chi connectivity index (χ1n) is 6.59. The Balaban J connectivity index is 1.92. The van der Waals surface area contributed by atoms with Gasteiger partial charge in [-0.3, -0.25) is 0 Å². The number of benzene rings is 1. The topological polar surface area (TPSA) is 55.7 Å². The Labute approximate surface area is 123 Å². The third-order valence-corrected chi connectivity index (χ3v) is 6.64. The van der Waals surface area contributed by atoms with E-state index in [2.05, 4.69) is 5.16 Å². The van der Waals surface area contributed by atoms with E-state index in [1.807, 2.05) is 24.3 Å². The summed E-state index contributed by atoms with van der Waals surface area (Å²) in [6.45, 7) is 1.77. The highest BCUT2D eigenvalue weighted by molar-refractivity contribution is 8.06. The van der Waals surface area contributed by atoms with Crippen LogP contribution in [-0.4, -0.2) is 24.9 Å². The highest BCUT2D eigenvalue weighted by Gasteiger charge is 2.44. The van der Waals surface area contributed by atoms with Gasteiger partial charge >= 0.3 is 0 Å². The first-order chi connectivity index (χ1) is 9.46. The summed E-state index contributed by atoms with van der Waals surface area (Å²) in [6.07, 6.45) is 1.65. The van der Waals surface area contributed by atoms with Crippen LogP contribution in [0, 0.1) is 0 Å². The van der Waals surface area contributed by atoms with Gasteiger partial charge in [0.2, 0.25) is 9.84 Å². The van der Waals surface area contributed by atoms with Crippen molar-refractivity contribution in [3.63, 3.8) is 0 Å². The molecule has 0 fully saturated rings. The summed E-state index contributed by atoms with van der Waals surface area (Å²) in [5, 5.41) is 3.42. The molecule has 0 N–H and O–H groups in total. The number of alkyl halides is 1. The van der Waals surface area contributed by atoms with E-state index in [0.29, 0.717) is 6.42 Å². The Bertz CT molecular complexity index is 671.